The van der Waals surface area contributed by atoms with Gasteiger partial charge in [-0.1, -0.05) is 25.0 Å². The maximum absolute atomic E-state index is 12.8. The Morgan fingerprint density at radius 3 is 2.68 bits per heavy atom. The SMILES string of the molecule is Cc1cccnc1C[C@H](C)NC(=O)c1cccc(OC2CCN(C3CCCC3)CC2)c1. The molecule has 1 aromatic carbocycles. The highest BCUT2D eigenvalue weighted by molar-refractivity contribution is 5.94. The van der Waals surface area contributed by atoms with Crippen LogP contribution in [0, 0.1) is 6.92 Å². The fourth-order valence-corrected chi connectivity index (χ4v) is 4.91. The molecule has 31 heavy (non-hydrogen) atoms. The lowest BCUT2D eigenvalue weighted by Gasteiger charge is -2.36. The molecule has 1 saturated carbocycles. The van der Waals surface area contributed by atoms with E-state index in [4.69, 9.17) is 4.74 Å². The Morgan fingerprint density at radius 1 is 1.16 bits per heavy atom. The fourth-order valence-electron chi connectivity index (χ4n) is 4.91. The molecule has 1 aliphatic carbocycles. The number of nitrogens with one attached hydrogen (secondary N) is 1. The van der Waals surface area contributed by atoms with Crippen molar-refractivity contribution in [3.05, 3.63) is 59.4 Å². The minimum atomic E-state index is -0.0670. The lowest BCUT2D eigenvalue weighted by atomic mass is 10.0. The molecule has 1 aliphatic heterocycles. The third-order valence-corrected chi connectivity index (χ3v) is 6.71. The van der Waals surface area contributed by atoms with Crippen LogP contribution >= 0.6 is 0 Å². The molecule has 4 rings (SSSR count). The largest absolute Gasteiger partial charge is 0.490 e. The number of pyridine rings is 1. The normalized spacial score (nSPS) is 19.3. The molecular formula is C26H35N3O2. The van der Waals surface area contributed by atoms with E-state index in [1.165, 1.54) is 25.7 Å². The van der Waals surface area contributed by atoms with Gasteiger partial charge < -0.3 is 15.0 Å². The van der Waals surface area contributed by atoms with E-state index in [0.29, 0.717) is 12.0 Å². The first-order valence-electron chi connectivity index (χ1n) is 11.8. The third kappa shape index (κ3) is 5.85. The molecule has 0 bridgehead atoms. The second kappa shape index (κ2) is 10.3. The zero-order valence-corrected chi connectivity index (χ0v) is 18.8. The van der Waals surface area contributed by atoms with Crippen LogP contribution in [0.5, 0.6) is 5.75 Å². The van der Waals surface area contributed by atoms with Crippen LogP contribution in [0.1, 0.15) is 67.1 Å². The molecular weight excluding hydrogens is 386 g/mol. The highest BCUT2D eigenvalue weighted by atomic mass is 16.5. The minimum absolute atomic E-state index is 0.00518. The molecule has 1 N–H and O–H groups in total. The average Bonchev–Trinajstić information content (AvgIpc) is 3.31. The highest BCUT2D eigenvalue weighted by Crippen LogP contribution is 2.27. The predicted octanol–water partition coefficient (Wildman–Crippen LogP) is 4.54. The summed E-state index contributed by atoms with van der Waals surface area (Å²) >= 11 is 0. The Hall–Kier alpha value is -2.40. The number of amides is 1. The van der Waals surface area contributed by atoms with Crippen LogP contribution in [-0.2, 0) is 6.42 Å². The maximum Gasteiger partial charge on any atom is 0.251 e. The van der Waals surface area contributed by atoms with Crippen molar-refractivity contribution in [3.63, 3.8) is 0 Å². The zero-order valence-electron chi connectivity index (χ0n) is 18.8. The minimum Gasteiger partial charge on any atom is -0.490 e. The van der Waals surface area contributed by atoms with Crippen molar-refractivity contribution in [1.82, 2.24) is 15.2 Å². The summed E-state index contributed by atoms with van der Waals surface area (Å²) in [5.74, 6) is 0.725. The number of rotatable bonds is 7. The molecule has 5 nitrogen and oxygen atoms in total. The lowest BCUT2D eigenvalue weighted by Crippen LogP contribution is -2.43. The molecule has 1 saturated heterocycles. The van der Waals surface area contributed by atoms with Crippen molar-refractivity contribution in [3.8, 4) is 5.75 Å². The molecule has 2 heterocycles. The molecule has 2 fully saturated rings. The van der Waals surface area contributed by atoms with Crippen molar-refractivity contribution in [1.29, 1.82) is 0 Å². The van der Waals surface area contributed by atoms with Crippen LogP contribution in [0.4, 0.5) is 0 Å². The van der Waals surface area contributed by atoms with E-state index in [9.17, 15) is 4.79 Å². The summed E-state index contributed by atoms with van der Waals surface area (Å²) in [4.78, 5) is 19.9. The van der Waals surface area contributed by atoms with Gasteiger partial charge in [0.05, 0.1) is 0 Å². The Bertz CT molecular complexity index is 870. The summed E-state index contributed by atoms with van der Waals surface area (Å²) in [5, 5.41) is 3.10. The van der Waals surface area contributed by atoms with Gasteiger partial charge in [-0.05, 0) is 69.4 Å². The number of aromatic nitrogens is 1. The van der Waals surface area contributed by atoms with Crippen LogP contribution < -0.4 is 10.1 Å². The number of likely N-dealkylation sites (tertiary alicyclic amines) is 1. The van der Waals surface area contributed by atoms with Gasteiger partial charge in [0.15, 0.2) is 0 Å². The summed E-state index contributed by atoms with van der Waals surface area (Å²) in [6.45, 7) is 6.32. The Labute approximate surface area is 186 Å². The Kier molecular flexibility index (Phi) is 7.23. The van der Waals surface area contributed by atoms with E-state index in [1.54, 1.807) is 6.20 Å². The van der Waals surface area contributed by atoms with Gasteiger partial charge in [-0.3, -0.25) is 9.78 Å². The van der Waals surface area contributed by atoms with Gasteiger partial charge in [-0.25, -0.2) is 0 Å². The molecule has 0 unspecified atom stereocenters. The first-order valence-corrected chi connectivity index (χ1v) is 11.8. The Morgan fingerprint density at radius 2 is 1.94 bits per heavy atom. The van der Waals surface area contributed by atoms with Gasteiger partial charge in [0.25, 0.3) is 5.91 Å². The van der Waals surface area contributed by atoms with E-state index >= 15 is 0 Å². The quantitative estimate of drug-likeness (QED) is 0.713. The molecule has 1 amide bonds. The summed E-state index contributed by atoms with van der Waals surface area (Å²) in [5.41, 5.74) is 2.82. The van der Waals surface area contributed by atoms with E-state index in [2.05, 4.69) is 28.2 Å². The van der Waals surface area contributed by atoms with Gasteiger partial charge >= 0.3 is 0 Å². The molecule has 0 spiro atoms. The van der Waals surface area contributed by atoms with E-state index in [1.807, 2.05) is 37.3 Å². The first kappa shape index (κ1) is 21.8. The fraction of sp³-hybridized carbons (Fsp3) is 0.538. The van der Waals surface area contributed by atoms with Crippen LogP contribution in [0.2, 0.25) is 0 Å². The summed E-state index contributed by atoms with van der Waals surface area (Å²) in [6, 6.07) is 12.4. The smallest absolute Gasteiger partial charge is 0.251 e. The number of hydrogen-bond donors (Lipinski definition) is 1. The van der Waals surface area contributed by atoms with Gasteiger partial charge in [-0.2, -0.15) is 0 Å². The van der Waals surface area contributed by atoms with Gasteiger partial charge in [0.1, 0.15) is 11.9 Å². The van der Waals surface area contributed by atoms with Gasteiger partial charge in [-0.15, -0.1) is 0 Å². The van der Waals surface area contributed by atoms with E-state index < -0.39 is 0 Å². The average molecular weight is 422 g/mol. The molecule has 2 aliphatic rings. The van der Waals surface area contributed by atoms with E-state index in [-0.39, 0.29) is 18.1 Å². The van der Waals surface area contributed by atoms with Crippen molar-refractivity contribution >= 4 is 5.91 Å². The van der Waals surface area contributed by atoms with E-state index in [0.717, 1.165) is 49.0 Å². The molecule has 1 aromatic heterocycles. The number of hydrogen-bond acceptors (Lipinski definition) is 4. The number of piperidine rings is 1. The summed E-state index contributed by atoms with van der Waals surface area (Å²) in [7, 11) is 0. The van der Waals surface area contributed by atoms with Gasteiger partial charge in [0.2, 0.25) is 0 Å². The molecule has 0 radical (unpaired) electrons. The standard InChI is InChI=1S/C26H35N3O2/c1-19-7-6-14-27-25(19)17-20(2)28-26(30)21-8-5-11-24(18-21)31-23-12-15-29(16-13-23)22-9-3-4-10-22/h5-8,11,14,18,20,22-23H,3-4,9-10,12-13,15-17H2,1-2H3,(H,28,30)/t20-/m0/s1. The molecule has 1 atom stereocenters. The van der Waals surface area contributed by atoms with Crippen LogP contribution in [0.15, 0.2) is 42.6 Å². The van der Waals surface area contributed by atoms with Crippen LogP contribution in [0.3, 0.4) is 0 Å². The number of carbonyl (C=O) groups is 1. The molecule has 5 heteroatoms. The van der Waals surface area contributed by atoms with Crippen molar-refractivity contribution in [2.75, 3.05) is 13.1 Å². The van der Waals surface area contributed by atoms with Crippen molar-refractivity contribution < 1.29 is 9.53 Å². The van der Waals surface area contributed by atoms with Crippen LogP contribution in [-0.4, -0.2) is 47.1 Å². The number of ether oxygens (including phenoxy) is 1. The number of benzene rings is 1. The Balaban J connectivity index is 1.28. The molecule has 2 aromatic rings. The highest BCUT2D eigenvalue weighted by Gasteiger charge is 2.27. The second-order valence-corrected chi connectivity index (χ2v) is 9.16. The maximum atomic E-state index is 12.8. The summed E-state index contributed by atoms with van der Waals surface area (Å²) in [6.07, 6.45) is 10.4. The monoisotopic (exact) mass is 421 g/mol. The third-order valence-electron chi connectivity index (χ3n) is 6.71. The lowest BCUT2D eigenvalue weighted by molar-refractivity contribution is 0.0765. The second-order valence-electron chi connectivity index (χ2n) is 9.16. The van der Waals surface area contributed by atoms with Crippen LogP contribution in [0.25, 0.3) is 0 Å². The summed E-state index contributed by atoms with van der Waals surface area (Å²) < 4.78 is 6.26. The number of aryl methyl sites for hydroxylation is 1. The topological polar surface area (TPSA) is 54.5 Å². The van der Waals surface area contributed by atoms with Crippen molar-refractivity contribution in [2.45, 2.75) is 77.0 Å². The number of nitrogens with zero attached hydrogens (tertiary/aromatic N) is 2. The predicted molar refractivity (Wildman–Crippen MR) is 124 cm³/mol. The van der Waals surface area contributed by atoms with Gasteiger partial charge in [0, 0.05) is 49.0 Å². The van der Waals surface area contributed by atoms with Crippen molar-refractivity contribution in [2.24, 2.45) is 0 Å². The molecule has 166 valence electrons. The first-order chi connectivity index (χ1) is 15.1. The number of carbonyl (C=O) groups excluding carboxylic acids is 1. The zero-order chi connectivity index (χ0) is 21.6.